The zero-order valence-corrected chi connectivity index (χ0v) is 13.8. The summed E-state index contributed by atoms with van der Waals surface area (Å²) in [7, 11) is 5.96. The lowest BCUT2D eigenvalue weighted by Crippen LogP contribution is -2.54. The van der Waals surface area contributed by atoms with Crippen molar-refractivity contribution in [3.63, 3.8) is 0 Å². The molecular formula is C16H31N3O2. The molecule has 1 saturated heterocycles. The average molecular weight is 297 g/mol. The van der Waals surface area contributed by atoms with Crippen molar-refractivity contribution < 1.29 is 9.53 Å². The van der Waals surface area contributed by atoms with Crippen LogP contribution in [0, 0.1) is 5.41 Å². The molecule has 2 atom stereocenters. The van der Waals surface area contributed by atoms with Crippen LogP contribution in [-0.4, -0.2) is 63.8 Å². The van der Waals surface area contributed by atoms with Crippen molar-refractivity contribution in [1.29, 1.82) is 0 Å². The minimum absolute atomic E-state index is 0.204. The van der Waals surface area contributed by atoms with Crippen LogP contribution in [0.4, 0.5) is 0 Å². The van der Waals surface area contributed by atoms with Gasteiger partial charge in [0.2, 0.25) is 5.91 Å². The third-order valence-corrected chi connectivity index (χ3v) is 5.18. The fraction of sp³-hybridized carbons (Fsp3) is 0.938. The maximum absolute atomic E-state index is 12.8. The number of hydrogen-bond donors (Lipinski definition) is 2. The molecule has 2 unspecified atom stereocenters. The third-order valence-electron chi connectivity index (χ3n) is 5.18. The molecule has 5 nitrogen and oxygen atoms in total. The Hall–Kier alpha value is -0.650. The summed E-state index contributed by atoms with van der Waals surface area (Å²) in [5.74, 6) is 0.204. The molecule has 0 spiro atoms. The third kappa shape index (κ3) is 4.18. The Balaban J connectivity index is 1.95. The number of nitrogens with zero attached hydrogens (tertiary/aromatic N) is 1. The summed E-state index contributed by atoms with van der Waals surface area (Å²) in [4.78, 5) is 15.1. The summed E-state index contributed by atoms with van der Waals surface area (Å²) in [5, 5.41) is 6.66. The molecule has 1 aliphatic carbocycles. The normalized spacial score (nSPS) is 29.3. The van der Waals surface area contributed by atoms with Crippen LogP contribution in [0.2, 0.25) is 0 Å². The Kier molecular flexibility index (Phi) is 6.02. The van der Waals surface area contributed by atoms with E-state index in [0.717, 1.165) is 38.8 Å². The Morgan fingerprint density at radius 3 is 2.67 bits per heavy atom. The first-order chi connectivity index (χ1) is 10.1. The summed E-state index contributed by atoms with van der Waals surface area (Å²) < 4.78 is 5.36. The number of carbonyl (C=O) groups excluding carboxylic acids is 1. The maximum Gasteiger partial charge on any atom is 0.228 e. The van der Waals surface area contributed by atoms with Crippen LogP contribution >= 0.6 is 0 Å². The summed E-state index contributed by atoms with van der Waals surface area (Å²) in [5.41, 5.74) is -0.328. The molecule has 21 heavy (non-hydrogen) atoms. The molecule has 0 bridgehead atoms. The van der Waals surface area contributed by atoms with E-state index >= 15 is 0 Å². The molecule has 1 aliphatic heterocycles. The summed E-state index contributed by atoms with van der Waals surface area (Å²) >= 11 is 0. The van der Waals surface area contributed by atoms with Crippen LogP contribution in [0.15, 0.2) is 0 Å². The van der Waals surface area contributed by atoms with Gasteiger partial charge in [0.15, 0.2) is 0 Å². The summed E-state index contributed by atoms with van der Waals surface area (Å²) in [6.45, 7) is 2.34. The Morgan fingerprint density at radius 1 is 1.33 bits per heavy atom. The van der Waals surface area contributed by atoms with Crippen LogP contribution in [0.1, 0.15) is 38.5 Å². The zero-order valence-electron chi connectivity index (χ0n) is 13.8. The smallest absolute Gasteiger partial charge is 0.228 e. The van der Waals surface area contributed by atoms with E-state index in [1.165, 1.54) is 12.8 Å². The van der Waals surface area contributed by atoms with Crippen LogP contribution < -0.4 is 10.6 Å². The van der Waals surface area contributed by atoms with Gasteiger partial charge in [-0.15, -0.1) is 0 Å². The van der Waals surface area contributed by atoms with E-state index in [0.29, 0.717) is 18.7 Å². The molecule has 0 aromatic rings. The topological polar surface area (TPSA) is 53.6 Å². The zero-order chi connectivity index (χ0) is 15.3. The molecule has 2 N–H and O–H groups in total. The number of piperidine rings is 1. The van der Waals surface area contributed by atoms with Gasteiger partial charge < -0.3 is 20.3 Å². The van der Waals surface area contributed by atoms with Gasteiger partial charge in [-0.3, -0.25) is 4.79 Å². The lowest BCUT2D eigenvalue weighted by Gasteiger charge is -2.39. The van der Waals surface area contributed by atoms with E-state index in [1.807, 2.05) is 0 Å². The quantitative estimate of drug-likeness (QED) is 0.795. The lowest BCUT2D eigenvalue weighted by atomic mass is 9.78. The highest BCUT2D eigenvalue weighted by atomic mass is 16.5. The van der Waals surface area contributed by atoms with Gasteiger partial charge in [-0.25, -0.2) is 0 Å². The number of amides is 1. The lowest BCUT2D eigenvalue weighted by molar-refractivity contribution is -0.137. The highest BCUT2D eigenvalue weighted by Crippen LogP contribution is 2.31. The second-order valence-electron chi connectivity index (χ2n) is 6.92. The minimum atomic E-state index is -0.328. The van der Waals surface area contributed by atoms with Gasteiger partial charge in [-0.2, -0.15) is 0 Å². The molecular weight excluding hydrogens is 266 g/mol. The predicted octanol–water partition coefficient (Wildman–Crippen LogP) is 0.992. The highest BCUT2D eigenvalue weighted by molar-refractivity contribution is 5.83. The SMILES string of the molecule is COCC1(C(=O)NC2CCCC(N(C)C)C2)CCNCC1. The van der Waals surface area contributed by atoms with Gasteiger partial charge in [0.05, 0.1) is 12.0 Å². The van der Waals surface area contributed by atoms with E-state index in [-0.39, 0.29) is 11.3 Å². The average Bonchev–Trinajstić information content (AvgIpc) is 2.48. The van der Waals surface area contributed by atoms with Crippen molar-refractivity contribution in [2.45, 2.75) is 50.6 Å². The molecule has 122 valence electrons. The summed E-state index contributed by atoms with van der Waals surface area (Å²) in [6, 6.07) is 0.915. The van der Waals surface area contributed by atoms with E-state index in [1.54, 1.807) is 7.11 Å². The number of hydrogen-bond acceptors (Lipinski definition) is 4. The Bertz CT molecular complexity index is 335. The second kappa shape index (κ2) is 7.56. The van der Waals surface area contributed by atoms with Crippen LogP contribution in [0.25, 0.3) is 0 Å². The molecule has 1 amide bonds. The van der Waals surface area contributed by atoms with E-state index in [9.17, 15) is 4.79 Å². The molecule has 0 aromatic carbocycles. The van der Waals surface area contributed by atoms with Gasteiger partial charge in [0, 0.05) is 19.2 Å². The van der Waals surface area contributed by atoms with Crippen molar-refractivity contribution in [3.05, 3.63) is 0 Å². The first kappa shape index (κ1) is 16.7. The number of methoxy groups -OCH3 is 1. The largest absolute Gasteiger partial charge is 0.384 e. The number of nitrogens with one attached hydrogen (secondary N) is 2. The Labute approximate surface area is 128 Å². The van der Waals surface area contributed by atoms with E-state index < -0.39 is 0 Å². The maximum atomic E-state index is 12.8. The monoisotopic (exact) mass is 297 g/mol. The fourth-order valence-corrected chi connectivity index (χ4v) is 3.72. The highest BCUT2D eigenvalue weighted by Gasteiger charge is 2.40. The van der Waals surface area contributed by atoms with Gasteiger partial charge in [-0.05, 0) is 65.7 Å². The minimum Gasteiger partial charge on any atom is -0.384 e. The molecule has 1 heterocycles. The Morgan fingerprint density at radius 2 is 2.05 bits per heavy atom. The van der Waals surface area contributed by atoms with Crippen molar-refractivity contribution in [2.24, 2.45) is 5.41 Å². The first-order valence-corrected chi connectivity index (χ1v) is 8.24. The fourth-order valence-electron chi connectivity index (χ4n) is 3.72. The standard InChI is InChI=1S/C16H31N3O2/c1-19(2)14-6-4-5-13(11-14)18-15(20)16(12-21-3)7-9-17-10-8-16/h13-14,17H,4-12H2,1-3H3,(H,18,20). The van der Waals surface area contributed by atoms with Crippen molar-refractivity contribution in [1.82, 2.24) is 15.5 Å². The van der Waals surface area contributed by atoms with Gasteiger partial charge in [0.1, 0.15) is 0 Å². The van der Waals surface area contributed by atoms with E-state index in [2.05, 4.69) is 29.6 Å². The van der Waals surface area contributed by atoms with Crippen molar-refractivity contribution in [3.8, 4) is 0 Å². The van der Waals surface area contributed by atoms with Crippen LogP contribution in [-0.2, 0) is 9.53 Å². The molecule has 2 aliphatic rings. The molecule has 2 rings (SSSR count). The molecule has 2 fully saturated rings. The van der Waals surface area contributed by atoms with Crippen molar-refractivity contribution >= 4 is 5.91 Å². The number of carbonyl (C=O) groups is 1. The summed E-state index contributed by atoms with van der Waals surface area (Å²) in [6.07, 6.45) is 6.36. The molecule has 0 aromatic heterocycles. The van der Waals surface area contributed by atoms with Crippen LogP contribution in [0.5, 0.6) is 0 Å². The predicted molar refractivity (Wildman–Crippen MR) is 84.3 cm³/mol. The number of rotatable bonds is 5. The van der Waals surface area contributed by atoms with Gasteiger partial charge in [0.25, 0.3) is 0 Å². The molecule has 0 radical (unpaired) electrons. The van der Waals surface area contributed by atoms with Crippen molar-refractivity contribution in [2.75, 3.05) is 40.9 Å². The second-order valence-corrected chi connectivity index (χ2v) is 6.92. The molecule has 5 heteroatoms. The van der Waals surface area contributed by atoms with E-state index in [4.69, 9.17) is 4.74 Å². The van der Waals surface area contributed by atoms with Gasteiger partial charge in [-0.1, -0.05) is 0 Å². The molecule has 1 saturated carbocycles. The number of ether oxygens (including phenoxy) is 1. The van der Waals surface area contributed by atoms with Crippen LogP contribution in [0.3, 0.4) is 0 Å². The van der Waals surface area contributed by atoms with Gasteiger partial charge >= 0.3 is 0 Å². The first-order valence-electron chi connectivity index (χ1n) is 8.24.